The van der Waals surface area contributed by atoms with Crippen LogP contribution in [0.15, 0.2) is 23.2 Å². The van der Waals surface area contributed by atoms with Gasteiger partial charge in [0.1, 0.15) is 0 Å². The Labute approximate surface area is 152 Å². The van der Waals surface area contributed by atoms with Crippen LogP contribution < -0.4 is 20.1 Å². The van der Waals surface area contributed by atoms with E-state index < -0.39 is 0 Å². The molecule has 1 aromatic rings. The Bertz CT molecular complexity index is 519. The molecule has 0 unspecified atom stereocenters. The molecule has 0 radical (unpaired) electrons. The average Bonchev–Trinajstić information content (AvgIpc) is 2.58. The number of hydrogen-bond donors (Lipinski definition) is 2. The Hall–Kier alpha value is -1.95. The van der Waals surface area contributed by atoms with Crippen LogP contribution in [0, 0.1) is 5.92 Å². The number of nitrogens with zero attached hydrogens (tertiary/aromatic N) is 1. The van der Waals surface area contributed by atoms with Gasteiger partial charge in [-0.3, -0.25) is 4.99 Å². The lowest BCUT2D eigenvalue weighted by Crippen LogP contribution is -2.30. The van der Waals surface area contributed by atoms with Gasteiger partial charge >= 0.3 is 0 Å². The first-order chi connectivity index (χ1) is 12.1. The van der Waals surface area contributed by atoms with Gasteiger partial charge in [0, 0.05) is 38.1 Å². The molecule has 0 aliphatic carbocycles. The molecule has 0 fully saturated rings. The van der Waals surface area contributed by atoms with Crippen molar-refractivity contribution in [3.05, 3.63) is 18.2 Å². The molecule has 0 atom stereocenters. The van der Waals surface area contributed by atoms with E-state index >= 15 is 0 Å². The molecule has 0 bridgehead atoms. The number of aliphatic imine (C=N–C) groups is 1. The second-order valence-electron chi connectivity index (χ2n) is 6.01. The molecule has 0 amide bonds. The van der Waals surface area contributed by atoms with Crippen LogP contribution in [-0.4, -0.2) is 46.0 Å². The molecule has 0 spiro atoms. The summed E-state index contributed by atoms with van der Waals surface area (Å²) in [5.41, 5.74) is 0.903. The number of benzene rings is 1. The summed E-state index contributed by atoms with van der Waals surface area (Å²) in [5.74, 6) is 2.75. The largest absolute Gasteiger partial charge is 0.493 e. The second kappa shape index (κ2) is 12.4. The lowest BCUT2D eigenvalue weighted by Gasteiger charge is -2.14. The van der Waals surface area contributed by atoms with E-state index in [4.69, 9.17) is 14.2 Å². The maximum Gasteiger partial charge on any atom is 0.195 e. The van der Waals surface area contributed by atoms with E-state index in [9.17, 15) is 0 Å². The number of ether oxygens (including phenoxy) is 3. The van der Waals surface area contributed by atoms with Crippen molar-refractivity contribution >= 4 is 11.6 Å². The molecule has 25 heavy (non-hydrogen) atoms. The first-order valence-electron chi connectivity index (χ1n) is 9.04. The lowest BCUT2D eigenvalue weighted by atomic mass is 10.2. The van der Waals surface area contributed by atoms with Crippen molar-refractivity contribution in [3.63, 3.8) is 0 Å². The normalized spacial score (nSPS) is 11.5. The fourth-order valence-electron chi connectivity index (χ4n) is 2.14. The maximum absolute atomic E-state index is 5.61. The van der Waals surface area contributed by atoms with Gasteiger partial charge in [0.25, 0.3) is 0 Å². The molecule has 0 aliphatic rings. The minimum Gasteiger partial charge on any atom is -0.493 e. The highest BCUT2D eigenvalue weighted by Gasteiger charge is 2.07. The summed E-state index contributed by atoms with van der Waals surface area (Å²) >= 11 is 0. The first kappa shape index (κ1) is 21.1. The molecule has 2 N–H and O–H groups in total. The van der Waals surface area contributed by atoms with E-state index in [0.29, 0.717) is 24.8 Å². The highest BCUT2D eigenvalue weighted by molar-refractivity contribution is 5.93. The molecular weight excluding hydrogens is 318 g/mol. The molecule has 6 nitrogen and oxygen atoms in total. The van der Waals surface area contributed by atoms with Crippen LogP contribution in [0.25, 0.3) is 0 Å². The van der Waals surface area contributed by atoms with E-state index in [0.717, 1.165) is 43.6 Å². The minimum atomic E-state index is 0.567. The fraction of sp³-hybridized carbons (Fsp3) is 0.632. The van der Waals surface area contributed by atoms with Crippen molar-refractivity contribution in [1.29, 1.82) is 0 Å². The number of guanidine groups is 1. The summed E-state index contributed by atoms with van der Waals surface area (Å²) in [7, 11) is 1.64. The van der Waals surface area contributed by atoms with Gasteiger partial charge in [-0.2, -0.15) is 0 Å². The van der Waals surface area contributed by atoms with Crippen LogP contribution in [0.5, 0.6) is 11.5 Å². The maximum atomic E-state index is 5.61. The third-order valence-electron chi connectivity index (χ3n) is 3.24. The zero-order chi connectivity index (χ0) is 18.5. The van der Waals surface area contributed by atoms with Crippen molar-refractivity contribution in [2.75, 3.05) is 45.3 Å². The molecule has 0 saturated heterocycles. The van der Waals surface area contributed by atoms with Gasteiger partial charge in [-0.1, -0.05) is 13.8 Å². The van der Waals surface area contributed by atoms with Crippen LogP contribution in [0.2, 0.25) is 0 Å². The van der Waals surface area contributed by atoms with Crippen molar-refractivity contribution < 1.29 is 14.2 Å². The first-order valence-corrected chi connectivity index (χ1v) is 9.04. The SMILES string of the molecule is CCNC(=NCCCOCC(C)C)Nc1ccc(OC)c(OCC)c1. The van der Waals surface area contributed by atoms with E-state index in [1.807, 2.05) is 32.0 Å². The molecule has 1 aromatic carbocycles. The van der Waals surface area contributed by atoms with Crippen molar-refractivity contribution in [1.82, 2.24) is 5.32 Å². The van der Waals surface area contributed by atoms with Crippen LogP contribution in [-0.2, 0) is 4.74 Å². The van der Waals surface area contributed by atoms with Crippen LogP contribution >= 0.6 is 0 Å². The quantitative estimate of drug-likeness (QED) is 0.363. The Morgan fingerprint density at radius 3 is 2.64 bits per heavy atom. The van der Waals surface area contributed by atoms with E-state index in [-0.39, 0.29) is 0 Å². The van der Waals surface area contributed by atoms with Gasteiger partial charge in [0.2, 0.25) is 0 Å². The van der Waals surface area contributed by atoms with Crippen molar-refractivity contribution in [2.24, 2.45) is 10.9 Å². The number of anilines is 1. The van der Waals surface area contributed by atoms with Crippen LogP contribution in [0.4, 0.5) is 5.69 Å². The topological polar surface area (TPSA) is 64.1 Å². The summed E-state index contributed by atoms with van der Waals surface area (Å²) in [4.78, 5) is 4.59. The molecule has 142 valence electrons. The fourth-order valence-corrected chi connectivity index (χ4v) is 2.14. The van der Waals surface area contributed by atoms with E-state index in [1.165, 1.54) is 0 Å². The zero-order valence-corrected chi connectivity index (χ0v) is 16.2. The van der Waals surface area contributed by atoms with Gasteiger partial charge in [0.05, 0.1) is 13.7 Å². The van der Waals surface area contributed by atoms with Crippen LogP contribution in [0.1, 0.15) is 34.1 Å². The van der Waals surface area contributed by atoms with Gasteiger partial charge < -0.3 is 24.8 Å². The number of methoxy groups -OCH3 is 1. The van der Waals surface area contributed by atoms with Crippen molar-refractivity contribution in [2.45, 2.75) is 34.1 Å². The molecule has 0 heterocycles. The molecule has 0 saturated carbocycles. The average molecular weight is 351 g/mol. The van der Waals surface area contributed by atoms with E-state index in [1.54, 1.807) is 7.11 Å². The third-order valence-corrected chi connectivity index (χ3v) is 3.24. The van der Waals surface area contributed by atoms with Gasteiger partial charge in [-0.15, -0.1) is 0 Å². The molecule has 1 rings (SSSR count). The lowest BCUT2D eigenvalue weighted by molar-refractivity contribution is 0.109. The zero-order valence-electron chi connectivity index (χ0n) is 16.2. The predicted molar refractivity (Wildman–Crippen MR) is 104 cm³/mol. The summed E-state index contributed by atoms with van der Waals surface area (Å²) in [6.45, 7) is 11.9. The predicted octanol–water partition coefficient (Wildman–Crippen LogP) is 3.53. The summed E-state index contributed by atoms with van der Waals surface area (Å²) < 4.78 is 16.5. The molecule has 6 heteroatoms. The standard InChI is InChI=1S/C19H33N3O3/c1-6-20-19(21-11-8-12-24-14-15(3)4)22-16-9-10-17(23-5)18(13-16)25-7-2/h9-10,13,15H,6-8,11-12,14H2,1-5H3,(H2,20,21,22). The minimum absolute atomic E-state index is 0.567. The highest BCUT2D eigenvalue weighted by Crippen LogP contribution is 2.30. The smallest absolute Gasteiger partial charge is 0.195 e. The van der Waals surface area contributed by atoms with Gasteiger partial charge in [-0.25, -0.2) is 0 Å². The molecule has 0 aliphatic heterocycles. The Morgan fingerprint density at radius 2 is 2.00 bits per heavy atom. The Balaban J connectivity index is 2.61. The summed E-state index contributed by atoms with van der Waals surface area (Å²) in [6, 6.07) is 5.75. The van der Waals surface area contributed by atoms with Gasteiger partial charge in [0.15, 0.2) is 17.5 Å². The Morgan fingerprint density at radius 1 is 1.20 bits per heavy atom. The van der Waals surface area contributed by atoms with Crippen LogP contribution in [0.3, 0.4) is 0 Å². The van der Waals surface area contributed by atoms with Gasteiger partial charge in [-0.05, 0) is 38.3 Å². The number of nitrogens with one attached hydrogen (secondary N) is 2. The number of hydrogen-bond acceptors (Lipinski definition) is 4. The molecular formula is C19H33N3O3. The summed E-state index contributed by atoms with van der Waals surface area (Å²) in [6.07, 6.45) is 0.899. The summed E-state index contributed by atoms with van der Waals surface area (Å²) in [5, 5.41) is 6.55. The second-order valence-corrected chi connectivity index (χ2v) is 6.01. The Kier molecular flexibility index (Phi) is 10.5. The van der Waals surface area contributed by atoms with E-state index in [2.05, 4.69) is 29.5 Å². The monoisotopic (exact) mass is 351 g/mol. The van der Waals surface area contributed by atoms with Crippen molar-refractivity contribution in [3.8, 4) is 11.5 Å². The third kappa shape index (κ3) is 8.63. The highest BCUT2D eigenvalue weighted by atomic mass is 16.5. The molecule has 0 aromatic heterocycles. The number of rotatable bonds is 11.